The highest BCUT2D eigenvalue weighted by atomic mass is 35.5. The lowest BCUT2D eigenvalue weighted by atomic mass is 10.1. The van der Waals surface area contributed by atoms with Crippen LogP contribution in [0, 0.1) is 5.82 Å². The first-order valence-corrected chi connectivity index (χ1v) is 4.75. The third-order valence-electron chi connectivity index (χ3n) is 1.96. The highest BCUT2D eigenvalue weighted by Crippen LogP contribution is 2.34. The molecule has 0 atom stereocenters. The number of hydrogen-bond donors (Lipinski definition) is 0. The van der Waals surface area contributed by atoms with Crippen LogP contribution in [0.25, 0.3) is 0 Å². The minimum Gasteiger partial charge on any atom is -0.463 e. The third kappa shape index (κ3) is 2.79. The first-order valence-electron chi connectivity index (χ1n) is 4.37. The molecule has 0 saturated heterocycles. The van der Waals surface area contributed by atoms with Crippen LogP contribution >= 0.6 is 11.6 Å². The Labute approximate surface area is 103 Å². The summed E-state index contributed by atoms with van der Waals surface area (Å²) in [6.07, 6.45) is -5.03. The van der Waals surface area contributed by atoms with E-state index in [0.717, 1.165) is 7.11 Å². The number of carbonyl (C=O) groups is 2. The van der Waals surface area contributed by atoms with Gasteiger partial charge in [0.25, 0.3) is 5.78 Å². The van der Waals surface area contributed by atoms with Crippen LogP contribution < -0.4 is 0 Å². The van der Waals surface area contributed by atoms with Gasteiger partial charge in [-0.05, 0) is 12.1 Å². The van der Waals surface area contributed by atoms with E-state index in [1.807, 2.05) is 0 Å². The summed E-state index contributed by atoms with van der Waals surface area (Å²) >= 11 is 5.35. The molecule has 1 aromatic carbocycles. The second kappa shape index (κ2) is 4.93. The number of hydrogen-bond acceptors (Lipinski definition) is 3. The van der Waals surface area contributed by atoms with Crippen molar-refractivity contribution in [1.29, 1.82) is 0 Å². The number of rotatable bonds is 2. The van der Waals surface area contributed by atoms with Crippen LogP contribution in [0.1, 0.15) is 15.9 Å². The van der Waals surface area contributed by atoms with E-state index in [0.29, 0.717) is 12.1 Å². The highest BCUT2D eigenvalue weighted by molar-refractivity contribution is 6.41. The number of carbonyl (C=O) groups excluding carboxylic acids is 2. The molecule has 0 N–H and O–H groups in total. The molecule has 0 fully saturated rings. The van der Waals surface area contributed by atoms with Crippen LogP contribution in [-0.4, -0.2) is 18.9 Å². The van der Waals surface area contributed by atoms with Crippen molar-refractivity contribution in [3.05, 3.63) is 34.1 Å². The average molecular weight is 285 g/mol. The maximum atomic E-state index is 13.5. The molecule has 0 aromatic heterocycles. The van der Waals surface area contributed by atoms with Crippen LogP contribution in [0.2, 0.25) is 5.02 Å². The fourth-order valence-corrected chi connectivity index (χ4v) is 1.38. The lowest BCUT2D eigenvalue weighted by molar-refractivity contribution is -0.140. The van der Waals surface area contributed by atoms with Crippen molar-refractivity contribution in [2.24, 2.45) is 0 Å². The van der Waals surface area contributed by atoms with E-state index in [2.05, 4.69) is 4.74 Å². The molecule has 0 saturated carbocycles. The lowest BCUT2D eigenvalue weighted by Gasteiger charge is -2.11. The number of methoxy groups -OCH3 is 1. The molecule has 98 valence electrons. The Hall–Kier alpha value is -1.63. The molecule has 0 aliphatic rings. The van der Waals surface area contributed by atoms with Crippen LogP contribution in [0.4, 0.5) is 17.6 Å². The van der Waals surface area contributed by atoms with Crippen LogP contribution in [-0.2, 0) is 15.7 Å². The second-order valence-electron chi connectivity index (χ2n) is 3.13. The van der Waals surface area contributed by atoms with Crippen molar-refractivity contribution in [2.45, 2.75) is 6.18 Å². The molecule has 18 heavy (non-hydrogen) atoms. The molecule has 0 amide bonds. The minimum absolute atomic E-state index is 0.324. The maximum Gasteiger partial charge on any atom is 0.419 e. The molecule has 1 rings (SSSR count). The molecule has 0 bridgehead atoms. The van der Waals surface area contributed by atoms with Gasteiger partial charge in [0.1, 0.15) is 5.82 Å². The predicted molar refractivity (Wildman–Crippen MR) is 52.8 cm³/mol. The van der Waals surface area contributed by atoms with Gasteiger partial charge in [-0.2, -0.15) is 13.2 Å². The number of halogens is 5. The zero-order valence-electron chi connectivity index (χ0n) is 8.77. The normalized spacial score (nSPS) is 11.2. The Bertz CT molecular complexity index is 511. The fourth-order valence-electron chi connectivity index (χ4n) is 1.16. The molecule has 8 heteroatoms. The number of ketones is 1. The quantitative estimate of drug-likeness (QED) is 0.363. The summed E-state index contributed by atoms with van der Waals surface area (Å²) in [4.78, 5) is 22.2. The molecule has 0 spiro atoms. The molecule has 0 heterocycles. The summed E-state index contributed by atoms with van der Waals surface area (Å²) in [5.74, 6) is -4.88. The molecule has 0 radical (unpaired) electrons. The summed E-state index contributed by atoms with van der Waals surface area (Å²) in [6, 6.07) is 0.955. The lowest BCUT2D eigenvalue weighted by Crippen LogP contribution is -2.19. The molecule has 1 aromatic rings. The van der Waals surface area contributed by atoms with Gasteiger partial charge in [0, 0.05) is 5.02 Å². The maximum absolute atomic E-state index is 13.5. The average Bonchev–Trinajstić information content (AvgIpc) is 2.28. The Morgan fingerprint density at radius 1 is 1.28 bits per heavy atom. The van der Waals surface area contributed by atoms with Gasteiger partial charge in [-0.15, -0.1) is 0 Å². The summed E-state index contributed by atoms with van der Waals surface area (Å²) in [7, 11) is 0.841. The van der Waals surface area contributed by atoms with E-state index in [1.54, 1.807) is 0 Å². The van der Waals surface area contributed by atoms with Gasteiger partial charge >= 0.3 is 12.1 Å². The number of Topliss-reactive ketones (excluding diaryl/α,β-unsaturated/α-hetero) is 1. The molecule has 0 aliphatic carbocycles. The first kappa shape index (κ1) is 14.4. The Morgan fingerprint density at radius 3 is 2.28 bits per heavy atom. The summed E-state index contributed by atoms with van der Waals surface area (Å²) in [5, 5.41) is -0.518. The second-order valence-corrected chi connectivity index (χ2v) is 3.57. The van der Waals surface area contributed by atoms with Crippen LogP contribution in [0.15, 0.2) is 12.1 Å². The van der Waals surface area contributed by atoms with Gasteiger partial charge in [0.15, 0.2) is 0 Å². The van der Waals surface area contributed by atoms with E-state index in [9.17, 15) is 27.2 Å². The predicted octanol–water partition coefficient (Wildman–Crippen LogP) is 2.85. The Morgan fingerprint density at radius 2 is 1.83 bits per heavy atom. The topological polar surface area (TPSA) is 43.4 Å². The van der Waals surface area contributed by atoms with Crippen molar-refractivity contribution in [1.82, 2.24) is 0 Å². The first-order chi connectivity index (χ1) is 8.18. The summed E-state index contributed by atoms with van der Waals surface area (Å²) in [6.45, 7) is 0. The summed E-state index contributed by atoms with van der Waals surface area (Å²) < 4.78 is 54.8. The Kier molecular flexibility index (Phi) is 3.95. The van der Waals surface area contributed by atoms with E-state index >= 15 is 0 Å². The molecule has 3 nitrogen and oxygen atoms in total. The standard InChI is InChI=1S/C10H5ClF4O3/c1-18-9(17)8(16)5-2-4(11)3-6(7(5)12)10(13,14)15/h2-3H,1H3. The number of esters is 1. The van der Waals surface area contributed by atoms with Crippen LogP contribution in [0.5, 0.6) is 0 Å². The van der Waals surface area contributed by atoms with Gasteiger partial charge in [-0.1, -0.05) is 11.6 Å². The SMILES string of the molecule is COC(=O)C(=O)c1cc(Cl)cc(C(F)(F)F)c1F. The third-order valence-corrected chi connectivity index (χ3v) is 2.18. The van der Waals surface area contributed by atoms with Crippen molar-refractivity contribution < 1.29 is 31.9 Å². The monoisotopic (exact) mass is 284 g/mol. The Balaban J connectivity index is 3.43. The molecular weight excluding hydrogens is 280 g/mol. The molecule has 0 unspecified atom stereocenters. The van der Waals surface area contributed by atoms with Gasteiger partial charge in [-0.25, -0.2) is 9.18 Å². The fraction of sp³-hybridized carbons (Fsp3) is 0.200. The van der Waals surface area contributed by atoms with E-state index < -0.39 is 39.9 Å². The molecule has 0 aliphatic heterocycles. The van der Waals surface area contributed by atoms with Crippen molar-refractivity contribution in [2.75, 3.05) is 7.11 Å². The largest absolute Gasteiger partial charge is 0.463 e. The van der Waals surface area contributed by atoms with Gasteiger partial charge in [0.2, 0.25) is 0 Å². The minimum atomic E-state index is -5.03. The van der Waals surface area contributed by atoms with Crippen molar-refractivity contribution >= 4 is 23.4 Å². The summed E-state index contributed by atoms with van der Waals surface area (Å²) in [5.41, 5.74) is -2.80. The van der Waals surface area contributed by atoms with Gasteiger partial charge in [-0.3, -0.25) is 4.79 Å². The zero-order chi connectivity index (χ0) is 14.1. The molecular formula is C10H5ClF4O3. The number of ether oxygens (including phenoxy) is 1. The van der Waals surface area contributed by atoms with E-state index in [-0.39, 0.29) is 0 Å². The number of benzene rings is 1. The zero-order valence-corrected chi connectivity index (χ0v) is 9.53. The van der Waals surface area contributed by atoms with Gasteiger partial charge in [0.05, 0.1) is 18.2 Å². The highest BCUT2D eigenvalue weighted by Gasteiger charge is 2.37. The van der Waals surface area contributed by atoms with E-state index in [4.69, 9.17) is 11.6 Å². The van der Waals surface area contributed by atoms with Gasteiger partial charge < -0.3 is 4.74 Å². The smallest absolute Gasteiger partial charge is 0.419 e. The van der Waals surface area contributed by atoms with Crippen molar-refractivity contribution in [3.63, 3.8) is 0 Å². The number of alkyl halides is 3. The van der Waals surface area contributed by atoms with Crippen LogP contribution in [0.3, 0.4) is 0 Å². The van der Waals surface area contributed by atoms with E-state index in [1.165, 1.54) is 0 Å². The van der Waals surface area contributed by atoms with Crippen molar-refractivity contribution in [3.8, 4) is 0 Å².